The van der Waals surface area contributed by atoms with Crippen molar-refractivity contribution < 1.29 is 15.4 Å². The van der Waals surface area contributed by atoms with E-state index in [1.165, 1.54) is 0 Å². The van der Waals surface area contributed by atoms with Gasteiger partial charge < -0.3 is 4.42 Å². The van der Waals surface area contributed by atoms with Crippen molar-refractivity contribution in [2.75, 3.05) is 0 Å². The summed E-state index contributed by atoms with van der Waals surface area (Å²) in [6.07, 6.45) is 0. The van der Waals surface area contributed by atoms with Gasteiger partial charge in [-0.25, -0.2) is 0 Å². The summed E-state index contributed by atoms with van der Waals surface area (Å²) >= 11 is 0. The summed E-state index contributed by atoms with van der Waals surface area (Å²) in [5.41, 5.74) is 4.95. The van der Waals surface area contributed by atoms with Gasteiger partial charge in [0.25, 0.3) is 0 Å². The van der Waals surface area contributed by atoms with Crippen molar-refractivity contribution in [3.05, 3.63) is 182 Å². The number of hydrogen-bond acceptors (Lipinski definition) is 1. The molecule has 1 aromatic heterocycles. The van der Waals surface area contributed by atoms with Gasteiger partial charge in [0.05, 0.1) is 11.0 Å². The Morgan fingerprint density at radius 3 is 1.59 bits per heavy atom. The summed E-state index contributed by atoms with van der Waals surface area (Å²) < 4.78 is 79.5. The van der Waals surface area contributed by atoms with Gasteiger partial charge in [0.2, 0.25) is 0 Å². The lowest BCUT2D eigenvalue weighted by Crippen LogP contribution is -1.91. The maximum Gasteiger partial charge on any atom is 0.136 e. The minimum absolute atomic E-state index is 0.171. The Labute approximate surface area is 305 Å². The van der Waals surface area contributed by atoms with E-state index in [4.69, 9.17) is 9.90 Å². The van der Waals surface area contributed by atoms with Gasteiger partial charge in [0.15, 0.2) is 0 Å². The van der Waals surface area contributed by atoms with E-state index < -0.39 is 24.2 Å². The van der Waals surface area contributed by atoms with Crippen LogP contribution in [0, 0.1) is 0 Å². The van der Waals surface area contributed by atoms with E-state index in [9.17, 15) is 5.48 Å². The lowest BCUT2D eigenvalue weighted by molar-refractivity contribution is 0.669. The van der Waals surface area contributed by atoms with E-state index in [1.807, 2.05) is 97.1 Å². The third kappa shape index (κ3) is 4.22. The van der Waals surface area contributed by atoms with Crippen molar-refractivity contribution in [1.82, 2.24) is 0 Å². The Bertz CT molecular complexity index is 3560. The van der Waals surface area contributed by atoms with Crippen LogP contribution in [0.15, 0.2) is 186 Å². The SMILES string of the molecule is [2H]c1c([2H])c([2H])c2c(-c3ccc4oc5ccc6ccccc6c5c4c3)c3c([2H])c([2H])c([2H])c([2H])c3c(-c3ccc(-c4cc5ccccc5c5ccccc45)cc3)c2c1[2H]. The Balaban J connectivity index is 1.25. The second-order valence-electron chi connectivity index (χ2n) is 13.0. The van der Waals surface area contributed by atoms with Crippen LogP contribution in [0.5, 0.6) is 0 Å². The standard InChI is InChI=1S/C50H30O/c1-4-14-37-31(11-1)25-28-47-50(37)45-30-35(26-27-46(45)51-47)49-42-19-9-7-17-40(42)48(41-18-8-10-20-43(41)49)33-23-21-32(22-24-33)44-29-34-12-2-3-13-36(34)38-15-5-6-16-39(38)44/h1-30H/i7D,8D,9D,10D,17D,18D,19D,20D. The van der Waals surface area contributed by atoms with Crippen LogP contribution in [-0.2, 0) is 0 Å². The average molecular weight is 655 g/mol. The monoisotopic (exact) mass is 654 g/mol. The molecule has 10 aromatic carbocycles. The highest BCUT2D eigenvalue weighted by molar-refractivity contribution is 6.24. The van der Waals surface area contributed by atoms with Gasteiger partial charge in [-0.15, -0.1) is 0 Å². The van der Waals surface area contributed by atoms with Gasteiger partial charge in [-0.3, -0.25) is 0 Å². The van der Waals surface area contributed by atoms with Gasteiger partial charge in [-0.05, 0) is 112 Å². The highest BCUT2D eigenvalue weighted by Crippen LogP contribution is 2.46. The molecule has 11 aromatic rings. The molecule has 1 heteroatoms. The van der Waals surface area contributed by atoms with E-state index in [0.29, 0.717) is 33.4 Å². The molecule has 0 N–H and O–H groups in total. The first kappa shape index (κ1) is 21.4. The second-order valence-corrected chi connectivity index (χ2v) is 13.0. The number of rotatable bonds is 3. The van der Waals surface area contributed by atoms with E-state index in [-0.39, 0.29) is 45.7 Å². The summed E-state index contributed by atoms with van der Waals surface area (Å²) in [5, 5.41) is 8.81. The van der Waals surface area contributed by atoms with Gasteiger partial charge >= 0.3 is 0 Å². The minimum atomic E-state index is -0.436. The maximum absolute atomic E-state index is 9.43. The van der Waals surface area contributed by atoms with Crippen molar-refractivity contribution in [3.8, 4) is 33.4 Å². The molecule has 0 saturated carbocycles. The van der Waals surface area contributed by atoms with Crippen LogP contribution in [0.2, 0.25) is 0 Å². The smallest absolute Gasteiger partial charge is 0.136 e. The number of furan rings is 1. The molecule has 0 aliphatic carbocycles. The Morgan fingerprint density at radius 1 is 0.353 bits per heavy atom. The molecule has 0 unspecified atom stereocenters. The molecule has 0 saturated heterocycles. The fourth-order valence-corrected chi connectivity index (χ4v) is 8.01. The number of benzene rings is 10. The quantitative estimate of drug-likeness (QED) is 0.136. The van der Waals surface area contributed by atoms with E-state index >= 15 is 0 Å². The van der Waals surface area contributed by atoms with Gasteiger partial charge in [-0.2, -0.15) is 0 Å². The molecule has 236 valence electrons. The molecule has 0 amide bonds. The minimum Gasteiger partial charge on any atom is -0.456 e. The second kappa shape index (κ2) is 10.9. The van der Waals surface area contributed by atoms with E-state index in [0.717, 1.165) is 54.2 Å². The summed E-state index contributed by atoms with van der Waals surface area (Å²) in [6.45, 7) is 0. The zero-order valence-electron chi connectivity index (χ0n) is 35.1. The maximum atomic E-state index is 9.43. The van der Waals surface area contributed by atoms with Crippen molar-refractivity contribution in [2.45, 2.75) is 0 Å². The van der Waals surface area contributed by atoms with Crippen LogP contribution in [0.4, 0.5) is 0 Å². The molecular weight excluding hydrogens is 617 g/mol. The first-order valence-corrected chi connectivity index (χ1v) is 16.9. The molecule has 51 heavy (non-hydrogen) atoms. The molecule has 1 nitrogen and oxygen atoms in total. The van der Waals surface area contributed by atoms with Crippen LogP contribution in [0.1, 0.15) is 11.0 Å². The molecule has 0 atom stereocenters. The lowest BCUT2D eigenvalue weighted by atomic mass is 9.85. The Kier molecular flexibility index (Phi) is 4.57. The molecular formula is C50H30O. The summed E-state index contributed by atoms with van der Waals surface area (Å²) in [7, 11) is 0. The van der Waals surface area contributed by atoms with Crippen molar-refractivity contribution in [1.29, 1.82) is 0 Å². The average Bonchev–Trinajstić information content (AvgIpc) is 3.66. The molecule has 0 aliphatic rings. The van der Waals surface area contributed by atoms with Crippen LogP contribution in [-0.4, -0.2) is 0 Å². The van der Waals surface area contributed by atoms with Crippen molar-refractivity contribution in [2.24, 2.45) is 0 Å². The zero-order chi connectivity index (χ0) is 40.4. The lowest BCUT2D eigenvalue weighted by Gasteiger charge is -2.18. The molecule has 11 rings (SSSR count). The van der Waals surface area contributed by atoms with Crippen LogP contribution in [0.3, 0.4) is 0 Å². The van der Waals surface area contributed by atoms with Gasteiger partial charge in [0.1, 0.15) is 11.2 Å². The molecule has 0 aliphatic heterocycles. The van der Waals surface area contributed by atoms with Crippen molar-refractivity contribution in [3.63, 3.8) is 0 Å². The first-order valence-electron chi connectivity index (χ1n) is 20.9. The zero-order valence-corrected chi connectivity index (χ0v) is 27.1. The summed E-state index contributed by atoms with van der Waals surface area (Å²) in [4.78, 5) is 0. The predicted octanol–water partition coefficient (Wildman–Crippen LogP) is 14.4. The predicted molar refractivity (Wildman–Crippen MR) is 218 cm³/mol. The van der Waals surface area contributed by atoms with E-state index in [2.05, 4.69) is 30.3 Å². The molecule has 0 bridgehead atoms. The highest BCUT2D eigenvalue weighted by Gasteiger charge is 2.19. The molecule has 1 heterocycles. The fourth-order valence-electron chi connectivity index (χ4n) is 8.01. The molecule has 0 spiro atoms. The topological polar surface area (TPSA) is 13.1 Å². The fraction of sp³-hybridized carbons (Fsp3) is 0. The Morgan fingerprint density at radius 2 is 0.882 bits per heavy atom. The molecule has 0 fully saturated rings. The number of fused-ring (bicyclic) bond motifs is 10. The van der Waals surface area contributed by atoms with Gasteiger partial charge in [-0.1, -0.05) is 158 Å². The third-order valence-corrected chi connectivity index (χ3v) is 10.3. The van der Waals surface area contributed by atoms with Crippen LogP contribution >= 0.6 is 0 Å². The van der Waals surface area contributed by atoms with E-state index in [1.54, 1.807) is 6.07 Å². The van der Waals surface area contributed by atoms with Gasteiger partial charge in [0, 0.05) is 10.8 Å². The highest BCUT2D eigenvalue weighted by atomic mass is 16.3. The summed E-state index contributed by atoms with van der Waals surface area (Å²) in [6, 6.07) is 40.9. The third-order valence-electron chi connectivity index (χ3n) is 10.3. The number of hydrogen-bond donors (Lipinski definition) is 0. The first-order chi connectivity index (χ1) is 28.6. The Hall–Kier alpha value is -6.70. The largest absolute Gasteiger partial charge is 0.456 e. The van der Waals surface area contributed by atoms with Crippen molar-refractivity contribution >= 4 is 75.8 Å². The van der Waals surface area contributed by atoms with Crippen LogP contribution in [0.25, 0.3) is 109 Å². The normalized spacial score (nSPS) is 14.1. The van der Waals surface area contributed by atoms with Crippen LogP contribution < -0.4 is 0 Å². The summed E-state index contributed by atoms with van der Waals surface area (Å²) in [5.74, 6) is 0. The molecule has 0 radical (unpaired) electrons.